The Kier molecular flexibility index (Phi) is 2.65. The van der Waals surface area contributed by atoms with Gasteiger partial charge in [-0.1, -0.05) is 0 Å². The number of nitrogens with one attached hydrogen (secondary N) is 2. The molecule has 78 valence electrons. The Bertz CT molecular complexity index is 539. The molecule has 5 heteroatoms. The summed E-state index contributed by atoms with van der Waals surface area (Å²) in [5.74, 6) is -0.343. The first-order chi connectivity index (χ1) is 7.81. The molecule has 0 aliphatic carbocycles. The van der Waals surface area contributed by atoms with Crippen LogP contribution in [0.4, 0.5) is 5.69 Å². The zero-order valence-corrected chi connectivity index (χ0v) is 8.27. The number of rotatable bonds is 2. The van der Waals surface area contributed by atoms with Gasteiger partial charge in [0.05, 0.1) is 16.8 Å². The van der Waals surface area contributed by atoms with Gasteiger partial charge in [0.15, 0.2) is 0 Å². The van der Waals surface area contributed by atoms with Gasteiger partial charge >= 0.3 is 0 Å². The van der Waals surface area contributed by atoms with E-state index in [1.54, 1.807) is 18.5 Å². The van der Waals surface area contributed by atoms with Crippen LogP contribution in [-0.2, 0) is 0 Å². The van der Waals surface area contributed by atoms with Crippen molar-refractivity contribution < 1.29 is 4.79 Å². The molecular formula is C11H8N4O. The summed E-state index contributed by atoms with van der Waals surface area (Å²) < 4.78 is 0. The Morgan fingerprint density at radius 3 is 3.06 bits per heavy atom. The molecule has 0 fully saturated rings. The molecule has 1 amide bonds. The first-order valence-electron chi connectivity index (χ1n) is 4.59. The second-order valence-corrected chi connectivity index (χ2v) is 3.09. The fraction of sp³-hybridized carbons (Fsp3) is 0. The van der Waals surface area contributed by atoms with Crippen molar-refractivity contribution in [2.75, 3.05) is 5.32 Å². The molecule has 2 aromatic heterocycles. The van der Waals surface area contributed by atoms with E-state index in [0.29, 0.717) is 11.3 Å². The van der Waals surface area contributed by atoms with E-state index in [1.165, 1.54) is 18.5 Å². The van der Waals surface area contributed by atoms with Crippen molar-refractivity contribution in [2.24, 2.45) is 0 Å². The monoisotopic (exact) mass is 212 g/mol. The van der Waals surface area contributed by atoms with Gasteiger partial charge in [0.2, 0.25) is 0 Å². The number of aromatic nitrogens is 2. The smallest absolute Gasteiger partial charge is 0.258 e. The lowest BCUT2D eigenvalue weighted by Crippen LogP contribution is -2.13. The SMILES string of the molecule is N#Cc1ccncc1C(=O)Nc1cc[nH]c1. The molecule has 0 atom stereocenters. The Balaban J connectivity index is 2.25. The van der Waals surface area contributed by atoms with E-state index in [9.17, 15) is 4.79 Å². The highest BCUT2D eigenvalue weighted by molar-refractivity contribution is 6.05. The molecule has 2 N–H and O–H groups in total. The van der Waals surface area contributed by atoms with Crippen molar-refractivity contribution in [3.63, 3.8) is 0 Å². The molecule has 0 saturated carbocycles. The number of hydrogen-bond acceptors (Lipinski definition) is 3. The summed E-state index contributed by atoms with van der Waals surface area (Å²) in [5.41, 5.74) is 1.23. The third-order valence-corrected chi connectivity index (χ3v) is 2.04. The number of nitriles is 1. The predicted octanol–water partition coefficient (Wildman–Crippen LogP) is 1.53. The number of carbonyl (C=O) groups is 1. The lowest BCUT2D eigenvalue weighted by atomic mass is 10.1. The van der Waals surface area contributed by atoms with E-state index in [-0.39, 0.29) is 11.5 Å². The molecule has 0 bridgehead atoms. The molecular weight excluding hydrogens is 204 g/mol. The fourth-order valence-corrected chi connectivity index (χ4v) is 1.27. The van der Waals surface area contributed by atoms with Crippen LogP contribution in [0.3, 0.4) is 0 Å². The summed E-state index contributed by atoms with van der Waals surface area (Å²) in [7, 11) is 0. The van der Waals surface area contributed by atoms with Crippen LogP contribution in [0.1, 0.15) is 15.9 Å². The Labute approximate surface area is 91.8 Å². The topological polar surface area (TPSA) is 81.6 Å². The number of H-pyrrole nitrogens is 1. The molecule has 0 aromatic carbocycles. The highest BCUT2D eigenvalue weighted by Crippen LogP contribution is 2.10. The van der Waals surface area contributed by atoms with Crippen LogP contribution in [0.5, 0.6) is 0 Å². The molecule has 16 heavy (non-hydrogen) atoms. The second-order valence-electron chi connectivity index (χ2n) is 3.09. The number of nitrogens with zero attached hydrogens (tertiary/aromatic N) is 2. The highest BCUT2D eigenvalue weighted by atomic mass is 16.1. The summed E-state index contributed by atoms with van der Waals surface area (Å²) in [4.78, 5) is 18.4. The van der Waals surface area contributed by atoms with Crippen LogP contribution in [-0.4, -0.2) is 15.9 Å². The molecule has 5 nitrogen and oxygen atoms in total. The lowest BCUT2D eigenvalue weighted by molar-refractivity contribution is 0.102. The minimum atomic E-state index is -0.343. The maximum Gasteiger partial charge on any atom is 0.258 e. The van der Waals surface area contributed by atoms with Crippen LogP contribution >= 0.6 is 0 Å². The zero-order chi connectivity index (χ0) is 11.4. The van der Waals surface area contributed by atoms with Gasteiger partial charge in [0.1, 0.15) is 6.07 Å². The Hall–Kier alpha value is -2.61. The van der Waals surface area contributed by atoms with Gasteiger partial charge in [-0.2, -0.15) is 5.26 Å². The van der Waals surface area contributed by atoms with Crippen molar-refractivity contribution in [2.45, 2.75) is 0 Å². The summed E-state index contributed by atoms with van der Waals surface area (Å²) in [6.45, 7) is 0. The van der Waals surface area contributed by atoms with Crippen molar-refractivity contribution in [3.05, 3.63) is 48.0 Å². The van der Waals surface area contributed by atoms with Gasteiger partial charge in [-0.3, -0.25) is 9.78 Å². The average molecular weight is 212 g/mol. The van der Waals surface area contributed by atoms with E-state index in [2.05, 4.69) is 15.3 Å². The van der Waals surface area contributed by atoms with Gasteiger partial charge in [-0.25, -0.2) is 0 Å². The quantitative estimate of drug-likeness (QED) is 0.792. The fourth-order valence-electron chi connectivity index (χ4n) is 1.27. The van der Waals surface area contributed by atoms with Crippen LogP contribution < -0.4 is 5.32 Å². The van der Waals surface area contributed by atoms with Crippen LogP contribution in [0, 0.1) is 11.3 Å². The highest BCUT2D eigenvalue weighted by Gasteiger charge is 2.11. The first kappa shape index (κ1) is 9.93. The largest absolute Gasteiger partial charge is 0.366 e. The van der Waals surface area contributed by atoms with E-state index < -0.39 is 0 Å². The molecule has 2 rings (SSSR count). The normalized spacial score (nSPS) is 9.44. The standard InChI is InChI=1S/C11H8N4O/c12-5-8-1-3-14-7-10(8)11(16)15-9-2-4-13-6-9/h1-4,6-7,13H,(H,15,16). The number of hydrogen-bond donors (Lipinski definition) is 2. The van der Waals surface area contributed by atoms with E-state index >= 15 is 0 Å². The third kappa shape index (κ3) is 1.91. The van der Waals surface area contributed by atoms with Gasteiger partial charge in [0, 0.05) is 24.8 Å². The molecule has 2 heterocycles. The van der Waals surface area contributed by atoms with E-state index in [1.807, 2.05) is 6.07 Å². The lowest BCUT2D eigenvalue weighted by Gasteiger charge is -2.03. The second kappa shape index (κ2) is 4.28. The Morgan fingerprint density at radius 1 is 1.50 bits per heavy atom. The first-order valence-corrected chi connectivity index (χ1v) is 4.59. The van der Waals surface area contributed by atoms with Crippen LogP contribution in [0.15, 0.2) is 36.9 Å². The molecule has 0 radical (unpaired) electrons. The minimum absolute atomic E-state index is 0.270. The minimum Gasteiger partial charge on any atom is -0.366 e. The van der Waals surface area contributed by atoms with Gasteiger partial charge in [-0.05, 0) is 12.1 Å². The summed E-state index contributed by atoms with van der Waals surface area (Å²) in [6, 6.07) is 5.18. The van der Waals surface area contributed by atoms with Crippen molar-refractivity contribution >= 4 is 11.6 Å². The van der Waals surface area contributed by atoms with Gasteiger partial charge < -0.3 is 10.3 Å². The zero-order valence-electron chi connectivity index (χ0n) is 8.27. The molecule has 2 aromatic rings. The number of anilines is 1. The molecule has 0 aliphatic rings. The van der Waals surface area contributed by atoms with Crippen molar-refractivity contribution in [3.8, 4) is 6.07 Å². The molecule has 0 saturated heterocycles. The predicted molar refractivity (Wildman–Crippen MR) is 57.7 cm³/mol. The van der Waals surface area contributed by atoms with E-state index in [0.717, 1.165) is 0 Å². The summed E-state index contributed by atoms with van der Waals surface area (Å²) >= 11 is 0. The molecule has 0 spiro atoms. The van der Waals surface area contributed by atoms with Crippen LogP contribution in [0.25, 0.3) is 0 Å². The summed E-state index contributed by atoms with van der Waals surface area (Å²) in [6.07, 6.45) is 6.20. The molecule has 0 unspecified atom stereocenters. The third-order valence-electron chi connectivity index (χ3n) is 2.04. The number of carbonyl (C=O) groups excluding carboxylic acids is 1. The van der Waals surface area contributed by atoms with Crippen molar-refractivity contribution in [1.82, 2.24) is 9.97 Å². The van der Waals surface area contributed by atoms with Gasteiger partial charge in [0.25, 0.3) is 5.91 Å². The molecule has 0 aliphatic heterocycles. The Morgan fingerprint density at radius 2 is 2.38 bits per heavy atom. The number of pyridine rings is 1. The number of amides is 1. The van der Waals surface area contributed by atoms with Crippen molar-refractivity contribution in [1.29, 1.82) is 5.26 Å². The maximum atomic E-state index is 11.8. The summed E-state index contributed by atoms with van der Waals surface area (Å²) in [5, 5.41) is 11.5. The average Bonchev–Trinajstić information content (AvgIpc) is 2.81. The van der Waals surface area contributed by atoms with Gasteiger partial charge in [-0.15, -0.1) is 0 Å². The van der Waals surface area contributed by atoms with Crippen LogP contribution in [0.2, 0.25) is 0 Å². The maximum absolute atomic E-state index is 11.8. The number of aromatic amines is 1. The van der Waals surface area contributed by atoms with E-state index in [4.69, 9.17) is 5.26 Å².